The smallest absolute Gasteiger partial charge is 0.407 e. The van der Waals surface area contributed by atoms with E-state index in [1.807, 2.05) is 0 Å². The van der Waals surface area contributed by atoms with Crippen LogP contribution in [-0.2, 0) is 9.47 Å². The van der Waals surface area contributed by atoms with Gasteiger partial charge in [0.2, 0.25) is 0 Å². The monoisotopic (exact) mass is 186 g/mol. The SMILES string of the molecule is O=C1NCC(CNC2CCOC2)O1. The number of ether oxygens (including phenoxy) is 2. The van der Waals surface area contributed by atoms with Gasteiger partial charge in [-0.2, -0.15) is 0 Å². The van der Waals surface area contributed by atoms with Crippen molar-refractivity contribution in [3.63, 3.8) is 0 Å². The van der Waals surface area contributed by atoms with E-state index in [4.69, 9.17) is 9.47 Å². The molecule has 2 atom stereocenters. The lowest BCUT2D eigenvalue weighted by Gasteiger charge is -2.13. The van der Waals surface area contributed by atoms with Crippen molar-refractivity contribution < 1.29 is 14.3 Å². The van der Waals surface area contributed by atoms with E-state index in [1.54, 1.807) is 0 Å². The molecule has 0 saturated carbocycles. The fraction of sp³-hybridized carbons (Fsp3) is 0.875. The van der Waals surface area contributed by atoms with Crippen LogP contribution >= 0.6 is 0 Å². The zero-order chi connectivity index (χ0) is 9.10. The van der Waals surface area contributed by atoms with Crippen LogP contribution in [0.2, 0.25) is 0 Å². The highest BCUT2D eigenvalue weighted by molar-refractivity contribution is 5.69. The number of alkyl carbamates (subject to hydrolysis) is 1. The minimum absolute atomic E-state index is 0.0203. The van der Waals surface area contributed by atoms with Crippen LogP contribution in [0.5, 0.6) is 0 Å². The van der Waals surface area contributed by atoms with E-state index >= 15 is 0 Å². The Kier molecular flexibility index (Phi) is 2.65. The summed E-state index contributed by atoms with van der Waals surface area (Å²) in [6, 6.07) is 0.430. The first-order valence-corrected chi connectivity index (χ1v) is 4.60. The molecule has 5 heteroatoms. The Morgan fingerprint density at radius 1 is 1.62 bits per heavy atom. The number of amides is 1. The number of hydrogen-bond donors (Lipinski definition) is 2. The van der Waals surface area contributed by atoms with Gasteiger partial charge in [-0.25, -0.2) is 4.79 Å². The van der Waals surface area contributed by atoms with E-state index in [2.05, 4.69) is 10.6 Å². The summed E-state index contributed by atoms with van der Waals surface area (Å²) < 4.78 is 10.2. The Hall–Kier alpha value is -0.810. The van der Waals surface area contributed by atoms with E-state index < -0.39 is 0 Å². The van der Waals surface area contributed by atoms with Crippen molar-refractivity contribution >= 4 is 6.09 Å². The molecule has 0 aromatic carbocycles. The molecule has 2 aliphatic heterocycles. The summed E-state index contributed by atoms with van der Waals surface area (Å²) in [6.07, 6.45) is 0.719. The third kappa shape index (κ3) is 2.32. The first-order valence-electron chi connectivity index (χ1n) is 4.60. The third-order valence-electron chi connectivity index (χ3n) is 2.31. The van der Waals surface area contributed by atoms with E-state index in [0.717, 1.165) is 19.6 Å². The summed E-state index contributed by atoms with van der Waals surface area (Å²) in [5.74, 6) is 0. The van der Waals surface area contributed by atoms with Crippen LogP contribution in [0.1, 0.15) is 6.42 Å². The normalized spacial score (nSPS) is 33.1. The lowest BCUT2D eigenvalue weighted by molar-refractivity contribution is 0.135. The fourth-order valence-electron chi connectivity index (χ4n) is 1.54. The van der Waals surface area contributed by atoms with Gasteiger partial charge in [-0.3, -0.25) is 0 Å². The molecule has 2 N–H and O–H groups in total. The quantitative estimate of drug-likeness (QED) is 0.622. The van der Waals surface area contributed by atoms with Crippen molar-refractivity contribution in [1.29, 1.82) is 0 Å². The lowest BCUT2D eigenvalue weighted by Crippen LogP contribution is -2.37. The predicted octanol–water partition coefficient (Wildman–Crippen LogP) is -0.527. The van der Waals surface area contributed by atoms with E-state index in [0.29, 0.717) is 19.1 Å². The molecule has 0 aromatic heterocycles. The molecule has 5 nitrogen and oxygen atoms in total. The van der Waals surface area contributed by atoms with Crippen LogP contribution in [0.4, 0.5) is 4.79 Å². The fourth-order valence-corrected chi connectivity index (χ4v) is 1.54. The van der Waals surface area contributed by atoms with Gasteiger partial charge in [0.1, 0.15) is 6.10 Å². The van der Waals surface area contributed by atoms with Crippen molar-refractivity contribution in [1.82, 2.24) is 10.6 Å². The molecule has 0 spiro atoms. The second-order valence-electron chi connectivity index (χ2n) is 3.38. The second kappa shape index (κ2) is 3.93. The molecule has 2 fully saturated rings. The Balaban J connectivity index is 1.64. The molecule has 1 amide bonds. The van der Waals surface area contributed by atoms with Gasteiger partial charge in [0.25, 0.3) is 0 Å². The maximum atomic E-state index is 10.7. The van der Waals surface area contributed by atoms with Gasteiger partial charge in [0.15, 0.2) is 0 Å². The van der Waals surface area contributed by atoms with Crippen LogP contribution < -0.4 is 10.6 Å². The lowest BCUT2D eigenvalue weighted by atomic mass is 10.2. The number of carbonyl (C=O) groups is 1. The highest BCUT2D eigenvalue weighted by Gasteiger charge is 2.24. The van der Waals surface area contributed by atoms with E-state index in [9.17, 15) is 4.79 Å². The maximum absolute atomic E-state index is 10.7. The van der Waals surface area contributed by atoms with Crippen molar-refractivity contribution in [2.75, 3.05) is 26.3 Å². The molecule has 2 aliphatic rings. The summed E-state index contributed by atoms with van der Waals surface area (Å²) in [4.78, 5) is 10.7. The van der Waals surface area contributed by atoms with Crippen LogP contribution in [0.3, 0.4) is 0 Å². The van der Waals surface area contributed by atoms with Gasteiger partial charge in [0.05, 0.1) is 13.2 Å². The van der Waals surface area contributed by atoms with Gasteiger partial charge < -0.3 is 20.1 Å². The molecule has 2 heterocycles. The number of cyclic esters (lactones) is 1. The minimum Gasteiger partial charge on any atom is -0.443 e. The molecular formula is C8H14N2O3. The summed E-state index contributed by atoms with van der Waals surface area (Å²) in [5, 5.41) is 5.91. The summed E-state index contributed by atoms with van der Waals surface area (Å²) in [7, 11) is 0. The third-order valence-corrected chi connectivity index (χ3v) is 2.31. The Bertz CT molecular complexity index is 192. The van der Waals surface area contributed by atoms with E-state index in [-0.39, 0.29) is 12.2 Å². The predicted molar refractivity (Wildman–Crippen MR) is 45.5 cm³/mol. The molecule has 0 bridgehead atoms. The highest BCUT2D eigenvalue weighted by atomic mass is 16.6. The number of hydrogen-bond acceptors (Lipinski definition) is 4. The molecule has 0 aromatic rings. The van der Waals surface area contributed by atoms with Gasteiger partial charge in [-0.1, -0.05) is 0 Å². The number of nitrogens with one attached hydrogen (secondary N) is 2. The Morgan fingerprint density at radius 3 is 3.15 bits per heavy atom. The highest BCUT2D eigenvalue weighted by Crippen LogP contribution is 2.04. The molecule has 13 heavy (non-hydrogen) atoms. The average molecular weight is 186 g/mol. The van der Waals surface area contributed by atoms with Crippen LogP contribution in [0.15, 0.2) is 0 Å². The largest absolute Gasteiger partial charge is 0.443 e. The van der Waals surface area contributed by atoms with Gasteiger partial charge in [-0.05, 0) is 6.42 Å². The molecule has 2 rings (SSSR count). The van der Waals surface area contributed by atoms with Gasteiger partial charge in [0, 0.05) is 19.2 Å². The van der Waals surface area contributed by atoms with Crippen LogP contribution in [0.25, 0.3) is 0 Å². The Labute approximate surface area is 76.8 Å². The maximum Gasteiger partial charge on any atom is 0.407 e. The molecular weight excluding hydrogens is 172 g/mol. The average Bonchev–Trinajstić information content (AvgIpc) is 2.71. The Morgan fingerprint density at radius 2 is 2.54 bits per heavy atom. The van der Waals surface area contributed by atoms with Crippen molar-refractivity contribution in [2.24, 2.45) is 0 Å². The number of carbonyl (C=O) groups excluding carboxylic acids is 1. The van der Waals surface area contributed by atoms with E-state index in [1.165, 1.54) is 0 Å². The van der Waals surface area contributed by atoms with Crippen LogP contribution in [0, 0.1) is 0 Å². The van der Waals surface area contributed by atoms with Gasteiger partial charge in [-0.15, -0.1) is 0 Å². The first kappa shape index (κ1) is 8.77. The second-order valence-corrected chi connectivity index (χ2v) is 3.38. The number of rotatable bonds is 3. The standard InChI is InChI=1S/C8H14N2O3/c11-8-10-4-7(13-8)3-9-6-1-2-12-5-6/h6-7,9H,1-5H2,(H,10,11). The van der Waals surface area contributed by atoms with Crippen molar-refractivity contribution in [3.05, 3.63) is 0 Å². The van der Waals surface area contributed by atoms with Crippen molar-refractivity contribution in [2.45, 2.75) is 18.6 Å². The van der Waals surface area contributed by atoms with Crippen molar-refractivity contribution in [3.8, 4) is 0 Å². The zero-order valence-corrected chi connectivity index (χ0v) is 7.41. The summed E-state index contributed by atoms with van der Waals surface area (Å²) >= 11 is 0. The summed E-state index contributed by atoms with van der Waals surface area (Å²) in [6.45, 7) is 2.93. The summed E-state index contributed by atoms with van der Waals surface area (Å²) in [5.41, 5.74) is 0. The molecule has 2 saturated heterocycles. The van der Waals surface area contributed by atoms with Crippen LogP contribution in [-0.4, -0.2) is 44.5 Å². The van der Waals surface area contributed by atoms with Gasteiger partial charge >= 0.3 is 6.09 Å². The molecule has 0 radical (unpaired) electrons. The topological polar surface area (TPSA) is 59.6 Å². The molecule has 0 aliphatic carbocycles. The molecule has 74 valence electrons. The minimum atomic E-state index is -0.311. The molecule has 2 unspecified atom stereocenters. The zero-order valence-electron chi connectivity index (χ0n) is 7.41. The first-order chi connectivity index (χ1) is 6.34.